The van der Waals surface area contributed by atoms with Crippen LogP contribution in [0.3, 0.4) is 0 Å². The Bertz CT molecular complexity index is 871. The fourth-order valence-electron chi connectivity index (χ4n) is 3.31. The van der Waals surface area contributed by atoms with E-state index in [4.69, 9.17) is 9.47 Å². The Morgan fingerprint density at radius 2 is 2.13 bits per heavy atom. The molecule has 0 aliphatic carbocycles. The lowest BCUT2D eigenvalue weighted by Gasteiger charge is -2.21. The smallest absolute Gasteiger partial charge is 0.218 e. The van der Waals surface area contributed by atoms with Gasteiger partial charge in [0.1, 0.15) is 18.2 Å². The maximum Gasteiger partial charge on any atom is 0.218 e. The third-order valence-corrected chi connectivity index (χ3v) is 4.83. The molecule has 1 aliphatic heterocycles. The molecule has 170 valence electrons. The summed E-state index contributed by atoms with van der Waals surface area (Å²) in [5.74, 6) is 0.0656. The Balaban J connectivity index is 0.00000341. The van der Waals surface area contributed by atoms with Crippen LogP contribution < -0.4 is 20.3 Å². The van der Waals surface area contributed by atoms with E-state index < -0.39 is 11.6 Å². The highest BCUT2D eigenvalue weighted by molar-refractivity contribution is 14.0. The van der Waals surface area contributed by atoms with E-state index in [1.54, 1.807) is 20.4 Å². The van der Waals surface area contributed by atoms with Gasteiger partial charge in [-0.1, -0.05) is 6.07 Å². The van der Waals surface area contributed by atoms with Crippen LogP contribution in [0, 0.1) is 11.6 Å². The van der Waals surface area contributed by atoms with Crippen LogP contribution in [0.1, 0.15) is 12.0 Å². The molecule has 31 heavy (non-hydrogen) atoms. The van der Waals surface area contributed by atoms with E-state index in [-0.39, 0.29) is 30.0 Å². The van der Waals surface area contributed by atoms with Crippen LogP contribution in [0.2, 0.25) is 0 Å². The van der Waals surface area contributed by atoms with Crippen molar-refractivity contribution in [2.45, 2.75) is 19.0 Å². The monoisotopic (exact) mass is 547 g/mol. The fourth-order valence-corrected chi connectivity index (χ4v) is 3.31. The molecule has 2 heterocycles. The Kier molecular flexibility index (Phi) is 10.2. The van der Waals surface area contributed by atoms with Crippen LogP contribution in [-0.4, -0.2) is 57.4 Å². The molecule has 1 fully saturated rings. The fraction of sp³-hybridized carbons (Fsp3) is 0.429. The summed E-state index contributed by atoms with van der Waals surface area (Å²) in [6, 6.07) is 7.54. The SMILES string of the molecule is CN=C(NCc1cccnc1OCCOC)NC1CCN(c2ccc(F)cc2F)C1.I. The first-order valence-electron chi connectivity index (χ1n) is 9.83. The van der Waals surface area contributed by atoms with Gasteiger partial charge in [-0.05, 0) is 24.6 Å². The summed E-state index contributed by atoms with van der Waals surface area (Å²) in [7, 11) is 3.31. The van der Waals surface area contributed by atoms with Crippen molar-refractivity contribution in [1.82, 2.24) is 15.6 Å². The predicted molar refractivity (Wildman–Crippen MR) is 127 cm³/mol. The van der Waals surface area contributed by atoms with Crippen LogP contribution >= 0.6 is 24.0 Å². The predicted octanol–water partition coefficient (Wildman–Crippen LogP) is 2.95. The number of anilines is 1. The Morgan fingerprint density at radius 1 is 1.29 bits per heavy atom. The van der Waals surface area contributed by atoms with E-state index in [9.17, 15) is 8.78 Å². The molecular formula is C21H28F2IN5O2. The number of hydrogen-bond acceptors (Lipinski definition) is 5. The highest BCUT2D eigenvalue weighted by atomic mass is 127. The van der Waals surface area contributed by atoms with Crippen molar-refractivity contribution in [3.05, 3.63) is 53.7 Å². The molecule has 0 spiro atoms. The maximum absolute atomic E-state index is 14.1. The van der Waals surface area contributed by atoms with Crippen LogP contribution in [0.15, 0.2) is 41.5 Å². The molecule has 0 saturated carbocycles. The first-order chi connectivity index (χ1) is 14.6. The number of ether oxygens (including phenoxy) is 2. The Labute approximate surface area is 198 Å². The standard InChI is InChI=1S/C21H27F2N5O2.HI/c1-24-21(26-13-15-4-3-8-25-20(15)30-11-10-29-2)27-17-7-9-28(14-17)19-6-5-16(22)12-18(19)23;/h3-6,8,12,17H,7,9-11,13-14H2,1-2H3,(H2,24,26,27);1H. The zero-order valence-electron chi connectivity index (χ0n) is 17.6. The number of methoxy groups -OCH3 is 1. The van der Waals surface area contributed by atoms with Gasteiger partial charge in [-0.2, -0.15) is 0 Å². The van der Waals surface area contributed by atoms with Gasteiger partial charge in [-0.25, -0.2) is 13.8 Å². The Hall–Kier alpha value is -2.21. The third-order valence-electron chi connectivity index (χ3n) is 4.83. The lowest BCUT2D eigenvalue weighted by atomic mass is 10.2. The van der Waals surface area contributed by atoms with Gasteiger partial charge in [0.25, 0.3) is 0 Å². The molecule has 1 unspecified atom stereocenters. The van der Waals surface area contributed by atoms with E-state index in [0.29, 0.717) is 50.4 Å². The number of halogens is 3. The number of nitrogens with zero attached hydrogens (tertiary/aromatic N) is 3. The first kappa shape index (κ1) is 25.1. The van der Waals surface area contributed by atoms with E-state index in [1.807, 2.05) is 17.0 Å². The van der Waals surface area contributed by atoms with Gasteiger partial charge >= 0.3 is 0 Å². The van der Waals surface area contributed by atoms with E-state index in [1.165, 1.54) is 12.1 Å². The number of aliphatic imine (C=N–C) groups is 1. The molecule has 2 N–H and O–H groups in total. The molecule has 1 atom stereocenters. The minimum Gasteiger partial charge on any atom is -0.475 e. The number of guanidine groups is 1. The number of pyridine rings is 1. The summed E-state index contributed by atoms with van der Waals surface area (Å²) >= 11 is 0. The van der Waals surface area contributed by atoms with E-state index >= 15 is 0 Å². The topological polar surface area (TPSA) is 71.0 Å². The lowest BCUT2D eigenvalue weighted by molar-refractivity contribution is 0.143. The second-order valence-corrected chi connectivity index (χ2v) is 6.91. The summed E-state index contributed by atoms with van der Waals surface area (Å²) in [5.41, 5.74) is 1.31. The van der Waals surface area contributed by atoms with Gasteiger partial charge in [0.2, 0.25) is 5.88 Å². The maximum atomic E-state index is 14.1. The number of hydrogen-bond donors (Lipinski definition) is 2. The van der Waals surface area contributed by atoms with Crippen LogP contribution in [0.25, 0.3) is 0 Å². The number of aromatic nitrogens is 1. The molecule has 1 aromatic carbocycles. The molecule has 0 bridgehead atoms. The van der Waals surface area contributed by atoms with Crippen molar-refractivity contribution < 1.29 is 18.3 Å². The molecule has 0 radical (unpaired) electrons. The van der Waals surface area contributed by atoms with Gasteiger partial charge in [0.15, 0.2) is 5.96 Å². The van der Waals surface area contributed by atoms with Crippen LogP contribution in [0.4, 0.5) is 14.5 Å². The zero-order valence-corrected chi connectivity index (χ0v) is 19.9. The Morgan fingerprint density at radius 3 is 2.87 bits per heavy atom. The minimum atomic E-state index is -0.573. The summed E-state index contributed by atoms with van der Waals surface area (Å²) in [6.45, 7) is 2.67. The van der Waals surface area contributed by atoms with Crippen LogP contribution in [0.5, 0.6) is 5.88 Å². The quantitative estimate of drug-likeness (QED) is 0.229. The molecule has 10 heteroatoms. The van der Waals surface area contributed by atoms with Crippen molar-refractivity contribution in [2.75, 3.05) is 45.4 Å². The van der Waals surface area contributed by atoms with Gasteiger partial charge in [0.05, 0.1) is 12.3 Å². The van der Waals surface area contributed by atoms with Crippen molar-refractivity contribution in [2.24, 2.45) is 4.99 Å². The highest BCUT2D eigenvalue weighted by Gasteiger charge is 2.25. The average molecular weight is 547 g/mol. The molecule has 2 aromatic rings. The molecular weight excluding hydrogens is 519 g/mol. The molecule has 7 nitrogen and oxygen atoms in total. The van der Waals surface area contributed by atoms with Crippen molar-refractivity contribution in [1.29, 1.82) is 0 Å². The summed E-state index contributed by atoms with van der Waals surface area (Å²) in [4.78, 5) is 10.4. The summed E-state index contributed by atoms with van der Waals surface area (Å²) in [5, 5.41) is 6.62. The number of rotatable bonds is 8. The zero-order chi connectivity index (χ0) is 21.3. The molecule has 0 amide bonds. The number of benzene rings is 1. The van der Waals surface area contributed by atoms with Crippen molar-refractivity contribution in [3.8, 4) is 5.88 Å². The molecule has 3 rings (SSSR count). The molecule has 1 saturated heterocycles. The van der Waals surface area contributed by atoms with Gasteiger partial charge < -0.3 is 25.0 Å². The van der Waals surface area contributed by atoms with Crippen molar-refractivity contribution >= 4 is 35.6 Å². The first-order valence-corrected chi connectivity index (χ1v) is 9.83. The number of nitrogens with one attached hydrogen (secondary N) is 2. The largest absolute Gasteiger partial charge is 0.475 e. The second kappa shape index (κ2) is 12.6. The van der Waals surface area contributed by atoms with Gasteiger partial charge in [-0.3, -0.25) is 4.99 Å². The van der Waals surface area contributed by atoms with Crippen molar-refractivity contribution in [3.63, 3.8) is 0 Å². The third kappa shape index (κ3) is 7.17. The van der Waals surface area contributed by atoms with Gasteiger partial charge in [-0.15, -0.1) is 24.0 Å². The molecule has 1 aliphatic rings. The lowest BCUT2D eigenvalue weighted by Crippen LogP contribution is -2.44. The second-order valence-electron chi connectivity index (χ2n) is 6.91. The highest BCUT2D eigenvalue weighted by Crippen LogP contribution is 2.24. The normalized spacial score (nSPS) is 16.1. The summed E-state index contributed by atoms with van der Waals surface area (Å²) in [6.07, 6.45) is 2.50. The van der Waals surface area contributed by atoms with Gasteiger partial charge in [0, 0.05) is 57.7 Å². The average Bonchev–Trinajstić information content (AvgIpc) is 3.20. The molecule has 1 aromatic heterocycles. The summed E-state index contributed by atoms with van der Waals surface area (Å²) < 4.78 is 37.9. The minimum absolute atomic E-state index is 0. The van der Waals surface area contributed by atoms with E-state index in [0.717, 1.165) is 18.1 Å². The van der Waals surface area contributed by atoms with E-state index in [2.05, 4.69) is 20.6 Å². The van der Waals surface area contributed by atoms with Crippen LogP contribution in [-0.2, 0) is 11.3 Å².